The van der Waals surface area contributed by atoms with Gasteiger partial charge >= 0.3 is 0 Å². The van der Waals surface area contributed by atoms with Crippen LogP contribution in [0.4, 0.5) is 0 Å². The molecule has 1 aliphatic carbocycles. The van der Waals surface area contributed by atoms with E-state index in [2.05, 4.69) is 26.2 Å². The summed E-state index contributed by atoms with van der Waals surface area (Å²) in [5.74, 6) is 1.80. The molecule has 10 heavy (non-hydrogen) atoms. The van der Waals surface area contributed by atoms with Crippen LogP contribution in [0.2, 0.25) is 0 Å². The highest BCUT2D eigenvalue weighted by Crippen LogP contribution is 2.30. The molecular formula is C9H19N. The van der Waals surface area contributed by atoms with E-state index < -0.39 is 0 Å². The zero-order valence-corrected chi connectivity index (χ0v) is 7.35. The van der Waals surface area contributed by atoms with E-state index in [0.717, 1.165) is 17.9 Å². The molecular weight excluding hydrogens is 122 g/mol. The molecule has 1 saturated carbocycles. The van der Waals surface area contributed by atoms with Crippen LogP contribution in [0.5, 0.6) is 0 Å². The van der Waals surface area contributed by atoms with E-state index in [9.17, 15) is 0 Å². The van der Waals surface area contributed by atoms with Gasteiger partial charge in [-0.25, -0.2) is 0 Å². The van der Waals surface area contributed by atoms with Crippen LogP contribution >= 0.6 is 0 Å². The zero-order chi connectivity index (χ0) is 7.56. The Hall–Kier alpha value is -0.0400. The van der Waals surface area contributed by atoms with E-state index in [1.54, 1.807) is 0 Å². The highest BCUT2D eigenvalue weighted by molar-refractivity contribution is 4.83. The van der Waals surface area contributed by atoms with Gasteiger partial charge in [-0.05, 0) is 31.7 Å². The van der Waals surface area contributed by atoms with Crippen LogP contribution in [0.15, 0.2) is 0 Å². The molecule has 1 fully saturated rings. The summed E-state index contributed by atoms with van der Waals surface area (Å²) in [5.41, 5.74) is 0. The number of hydrogen-bond donors (Lipinski definition) is 1. The normalized spacial score (nSPS) is 33.6. The van der Waals surface area contributed by atoms with E-state index in [1.807, 2.05) is 0 Å². The first kappa shape index (κ1) is 8.06. The summed E-state index contributed by atoms with van der Waals surface area (Å²) in [4.78, 5) is 0. The lowest BCUT2D eigenvalue weighted by atomic mass is 9.91. The Morgan fingerprint density at radius 2 is 2.00 bits per heavy atom. The third-order valence-corrected chi connectivity index (χ3v) is 2.80. The molecule has 0 bridgehead atoms. The smallest absolute Gasteiger partial charge is 0.00947 e. The first-order chi connectivity index (χ1) is 4.75. The van der Waals surface area contributed by atoms with Crippen molar-refractivity contribution in [3.8, 4) is 0 Å². The quantitative estimate of drug-likeness (QED) is 0.620. The van der Waals surface area contributed by atoms with Crippen molar-refractivity contribution in [3.63, 3.8) is 0 Å². The van der Waals surface area contributed by atoms with Crippen molar-refractivity contribution in [3.05, 3.63) is 0 Å². The van der Waals surface area contributed by atoms with Crippen molar-refractivity contribution >= 4 is 0 Å². The summed E-state index contributed by atoms with van der Waals surface area (Å²) in [7, 11) is 2.09. The molecule has 0 aromatic rings. The Bertz CT molecular complexity index is 98.9. The van der Waals surface area contributed by atoms with Gasteiger partial charge in [0, 0.05) is 6.04 Å². The first-order valence-electron chi connectivity index (χ1n) is 4.43. The molecule has 1 rings (SSSR count). The standard InChI is InChI=1S/C9H19N/c1-7(2)8-5-4-6-9(8)10-3/h7-10H,4-6H2,1-3H3/t8-,9-/m1/s1. The van der Waals surface area contributed by atoms with Crippen LogP contribution in [-0.2, 0) is 0 Å². The van der Waals surface area contributed by atoms with Crippen LogP contribution < -0.4 is 5.32 Å². The minimum absolute atomic E-state index is 0.806. The third kappa shape index (κ3) is 1.51. The molecule has 0 aliphatic heterocycles. The molecule has 0 unspecified atom stereocenters. The van der Waals surface area contributed by atoms with Gasteiger partial charge in [0.15, 0.2) is 0 Å². The highest BCUT2D eigenvalue weighted by atomic mass is 14.9. The molecule has 1 nitrogen and oxygen atoms in total. The van der Waals surface area contributed by atoms with Gasteiger partial charge in [-0.2, -0.15) is 0 Å². The van der Waals surface area contributed by atoms with Crippen molar-refractivity contribution in [2.24, 2.45) is 11.8 Å². The molecule has 0 aromatic heterocycles. The molecule has 1 heteroatoms. The van der Waals surface area contributed by atoms with Crippen molar-refractivity contribution in [2.75, 3.05) is 7.05 Å². The average molecular weight is 141 g/mol. The lowest BCUT2D eigenvalue weighted by Crippen LogP contribution is -2.31. The summed E-state index contributed by atoms with van der Waals surface area (Å²) in [6, 6.07) is 0.806. The first-order valence-corrected chi connectivity index (χ1v) is 4.43. The molecule has 0 heterocycles. The van der Waals surface area contributed by atoms with Gasteiger partial charge in [-0.3, -0.25) is 0 Å². The number of rotatable bonds is 2. The zero-order valence-electron chi connectivity index (χ0n) is 7.35. The topological polar surface area (TPSA) is 12.0 Å². The summed E-state index contributed by atoms with van der Waals surface area (Å²) >= 11 is 0. The minimum atomic E-state index is 0.806. The second-order valence-corrected chi connectivity index (χ2v) is 3.73. The fraction of sp³-hybridized carbons (Fsp3) is 1.00. The maximum absolute atomic E-state index is 3.40. The van der Waals surface area contributed by atoms with Gasteiger partial charge in [0.2, 0.25) is 0 Å². The Balaban J connectivity index is 2.42. The number of nitrogens with one attached hydrogen (secondary N) is 1. The summed E-state index contributed by atoms with van der Waals surface area (Å²) < 4.78 is 0. The van der Waals surface area contributed by atoms with Crippen LogP contribution in [0.1, 0.15) is 33.1 Å². The average Bonchev–Trinajstić information content (AvgIpc) is 2.33. The SMILES string of the molecule is CN[C@@H]1CCC[C@@H]1C(C)C. The van der Waals surface area contributed by atoms with Crippen LogP contribution in [0, 0.1) is 11.8 Å². The van der Waals surface area contributed by atoms with Gasteiger partial charge in [-0.15, -0.1) is 0 Å². The van der Waals surface area contributed by atoms with Crippen LogP contribution in [-0.4, -0.2) is 13.1 Å². The fourth-order valence-corrected chi connectivity index (χ4v) is 2.15. The van der Waals surface area contributed by atoms with Crippen molar-refractivity contribution in [1.29, 1.82) is 0 Å². The maximum atomic E-state index is 3.40. The maximum Gasteiger partial charge on any atom is 0.00947 e. The molecule has 0 aromatic carbocycles. The highest BCUT2D eigenvalue weighted by Gasteiger charge is 2.27. The van der Waals surface area contributed by atoms with Crippen LogP contribution in [0.25, 0.3) is 0 Å². The van der Waals surface area contributed by atoms with Crippen LogP contribution in [0.3, 0.4) is 0 Å². The summed E-state index contributed by atoms with van der Waals surface area (Å²) in [6.07, 6.45) is 4.25. The Labute approximate surface area is 64.2 Å². The van der Waals surface area contributed by atoms with Crippen molar-refractivity contribution in [1.82, 2.24) is 5.32 Å². The molecule has 0 amide bonds. The summed E-state index contributed by atoms with van der Waals surface area (Å²) in [5, 5.41) is 3.40. The van der Waals surface area contributed by atoms with Crippen molar-refractivity contribution < 1.29 is 0 Å². The van der Waals surface area contributed by atoms with Gasteiger partial charge in [0.1, 0.15) is 0 Å². The van der Waals surface area contributed by atoms with E-state index >= 15 is 0 Å². The molecule has 2 atom stereocenters. The lowest BCUT2D eigenvalue weighted by Gasteiger charge is -2.22. The van der Waals surface area contributed by atoms with E-state index in [1.165, 1.54) is 19.3 Å². The Morgan fingerprint density at radius 1 is 1.30 bits per heavy atom. The monoisotopic (exact) mass is 141 g/mol. The van der Waals surface area contributed by atoms with Gasteiger partial charge in [0.05, 0.1) is 0 Å². The summed E-state index contributed by atoms with van der Waals surface area (Å²) in [6.45, 7) is 4.67. The van der Waals surface area contributed by atoms with E-state index in [4.69, 9.17) is 0 Å². The van der Waals surface area contributed by atoms with Crippen molar-refractivity contribution in [2.45, 2.75) is 39.2 Å². The van der Waals surface area contributed by atoms with E-state index in [-0.39, 0.29) is 0 Å². The molecule has 60 valence electrons. The predicted octanol–water partition coefficient (Wildman–Crippen LogP) is 2.03. The van der Waals surface area contributed by atoms with E-state index in [0.29, 0.717) is 0 Å². The third-order valence-electron chi connectivity index (χ3n) is 2.80. The second-order valence-electron chi connectivity index (χ2n) is 3.73. The Morgan fingerprint density at radius 3 is 2.40 bits per heavy atom. The molecule has 0 saturated heterocycles. The number of hydrogen-bond acceptors (Lipinski definition) is 1. The minimum Gasteiger partial charge on any atom is -0.317 e. The largest absolute Gasteiger partial charge is 0.317 e. The van der Waals surface area contributed by atoms with Gasteiger partial charge in [-0.1, -0.05) is 20.3 Å². The molecule has 0 spiro atoms. The Kier molecular flexibility index (Phi) is 2.72. The van der Waals surface area contributed by atoms with Gasteiger partial charge in [0.25, 0.3) is 0 Å². The molecule has 1 N–H and O–H groups in total. The molecule has 1 aliphatic rings. The predicted molar refractivity (Wildman–Crippen MR) is 45.0 cm³/mol. The molecule has 0 radical (unpaired) electrons. The fourth-order valence-electron chi connectivity index (χ4n) is 2.15. The van der Waals surface area contributed by atoms with Gasteiger partial charge < -0.3 is 5.32 Å². The lowest BCUT2D eigenvalue weighted by molar-refractivity contribution is 0.326. The second kappa shape index (κ2) is 3.38.